The van der Waals surface area contributed by atoms with Crippen LogP contribution in [0.5, 0.6) is 0 Å². The van der Waals surface area contributed by atoms with Crippen LogP contribution in [0.2, 0.25) is 0 Å². The topological polar surface area (TPSA) is 70.1 Å². The summed E-state index contributed by atoms with van der Waals surface area (Å²) in [4.78, 5) is 26.2. The second-order valence-corrected chi connectivity index (χ2v) is 4.55. The molecule has 0 spiro atoms. The Morgan fingerprint density at radius 3 is 2.71 bits per heavy atom. The number of aliphatic carboxylic acids is 1. The molecule has 0 radical (unpaired) electrons. The van der Waals surface area contributed by atoms with Crippen LogP contribution in [-0.2, 0) is 9.53 Å². The standard InChI is InChI=1S/C11H18N2O4/c1-2-9-7-17-4-3-13(9)11(16)12-5-8(6-12)10(14)15/h8-9H,2-7H2,1H3,(H,14,15). The van der Waals surface area contributed by atoms with Gasteiger partial charge in [0, 0.05) is 19.6 Å². The van der Waals surface area contributed by atoms with E-state index in [1.807, 2.05) is 11.8 Å². The van der Waals surface area contributed by atoms with Gasteiger partial charge in [0.1, 0.15) is 0 Å². The molecule has 6 heteroatoms. The Hall–Kier alpha value is -1.30. The van der Waals surface area contributed by atoms with E-state index in [4.69, 9.17) is 9.84 Å². The van der Waals surface area contributed by atoms with Crippen LogP contribution in [0.15, 0.2) is 0 Å². The maximum Gasteiger partial charge on any atom is 0.320 e. The number of ether oxygens (including phenoxy) is 1. The highest BCUT2D eigenvalue weighted by Gasteiger charge is 2.39. The minimum Gasteiger partial charge on any atom is -0.481 e. The molecule has 2 amide bonds. The zero-order chi connectivity index (χ0) is 12.4. The number of nitrogens with zero attached hydrogens (tertiary/aromatic N) is 2. The van der Waals surface area contributed by atoms with Gasteiger partial charge < -0.3 is 19.6 Å². The molecule has 17 heavy (non-hydrogen) atoms. The highest BCUT2D eigenvalue weighted by molar-refractivity contribution is 5.80. The first-order chi connectivity index (χ1) is 8.13. The summed E-state index contributed by atoms with van der Waals surface area (Å²) in [5, 5.41) is 8.77. The second kappa shape index (κ2) is 4.91. The van der Waals surface area contributed by atoms with Gasteiger partial charge in [0.05, 0.1) is 25.2 Å². The fourth-order valence-corrected chi connectivity index (χ4v) is 2.22. The van der Waals surface area contributed by atoms with Crippen LogP contribution in [0, 0.1) is 5.92 Å². The van der Waals surface area contributed by atoms with E-state index in [2.05, 4.69) is 0 Å². The average Bonchev–Trinajstić information content (AvgIpc) is 2.26. The lowest BCUT2D eigenvalue weighted by Crippen LogP contribution is -2.60. The molecule has 2 aliphatic rings. The van der Waals surface area contributed by atoms with Crippen molar-refractivity contribution in [3.8, 4) is 0 Å². The van der Waals surface area contributed by atoms with Gasteiger partial charge in [-0.2, -0.15) is 0 Å². The van der Waals surface area contributed by atoms with Crippen molar-refractivity contribution in [2.45, 2.75) is 19.4 Å². The van der Waals surface area contributed by atoms with Crippen LogP contribution in [-0.4, -0.2) is 65.8 Å². The highest BCUT2D eigenvalue weighted by atomic mass is 16.5. The summed E-state index contributed by atoms with van der Waals surface area (Å²) in [5.41, 5.74) is 0. The van der Waals surface area contributed by atoms with Gasteiger partial charge >= 0.3 is 12.0 Å². The lowest BCUT2D eigenvalue weighted by Gasteiger charge is -2.43. The fourth-order valence-electron chi connectivity index (χ4n) is 2.22. The SMILES string of the molecule is CCC1COCCN1C(=O)N1CC(C(=O)O)C1. The summed E-state index contributed by atoms with van der Waals surface area (Å²) < 4.78 is 5.34. The summed E-state index contributed by atoms with van der Waals surface area (Å²) in [6.45, 7) is 4.45. The van der Waals surface area contributed by atoms with Crippen molar-refractivity contribution in [2.75, 3.05) is 32.8 Å². The molecule has 2 heterocycles. The summed E-state index contributed by atoms with van der Waals surface area (Å²) in [7, 11) is 0. The van der Waals surface area contributed by atoms with Gasteiger partial charge in [-0.3, -0.25) is 4.79 Å². The normalized spacial score (nSPS) is 25.6. The quantitative estimate of drug-likeness (QED) is 0.752. The number of carboxylic acids is 1. The number of hydrogen-bond acceptors (Lipinski definition) is 3. The molecule has 0 aliphatic carbocycles. The van der Waals surface area contributed by atoms with Crippen LogP contribution in [0.4, 0.5) is 4.79 Å². The minimum atomic E-state index is -0.817. The molecule has 1 atom stereocenters. The van der Waals surface area contributed by atoms with Crippen molar-refractivity contribution in [1.82, 2.24) is 9.80 Å². The van der Waals surface area contributed by atoms with Crippen molar-refractivity contribution in [1.29, 1.82) is 0 Å². The zero-order valence-corrected chi connectivity index (χ0v) is 9.96. The smallest absolute Gasteiger partial charge is 0.320 e. The van der Waals surface area contributed by atoms with Gasteiger partial charge in [-0.15, -0.1) is 0 Å². The number of hydrogen-bond donors (Lipinski definition) is 1. The van der Waals surface area contributed by atoms with Crippen molar-refractivity contribution < 1.29 is 19.4 Å². The lowest BCUT2D eigenvalue weighted by molar-refractivity contribution is -0.146. The molecule has 0 aromatic heterocycles. The van der Waals surface area contributed by atoms with E-state index < -0.39 is 5.97 Å². The van der Waals surface area contributed by atoms with Gasteiger partial charge in [-0.1, -0.05) is 6.92 Å². The van der Waals surface area contributed by atoms with E-state index in [0.717, 1.165) is 6.42 Å². The van der Waals surface area contributed by atoms with Gasteiger partial charge in [-0.25, -0.2) is 4.79 Å². The Morgan fingerprint density at radius 1 is 1.41 bits per heavy atom. The first kappa shape index (κ1) is 12.2. The molecule has 6 nitrogen and oxygen atoms in total. The van der Waals surface area contributed by atoms with Crippen LogP contribution in [0.3, 0.4) is 0 Å². The fraction of sp³-hybridized carbons (Fsp3) is 0.818. The largest absolute Gasteiger partial charge is 0.481 e. The predicted molar refractivity (Wildman–Crippen MR) is 59.7 cm³/mol. The van der Waals surface area contributed by atoms with Crippen molar-refractivity contribution >= 4 is 12.0 Å². The van der Waals surface area contributed by atoms with Crippen LogP contribution < -0.4 is 0 Å². The molecule has 2 saturated heterocycles. The third-order valence-corrected chi connectivity index (χ3v) is 3.45. The summed E-state index contributed by atoms with van der Waals surface area (Å²) in [6.07, 6.45) is 0.863. The molecule has 1 unspecified atom stereocenters. The van der Waals surface area contributed by atoms with Crippen molar-refractivity contribution in [3.05, 3.63) is 0 Å². The maximum atomic E-state index is 12.1. The average molecular weight is 242 g/mol. The molecule has 1 N–H and O–H groups in total. The molecule has 2 fully saturated rings. The Morgan fingerprint density at radius 2 is 2.12 bits per heavy atom. The highest BCUT2D eigenvalue weighted by Crippen LogP contribution is 2.20. The van der Waals surface area contributed by atoms with Crippen LogP contribution in [0.1, 0.15) is 13.3 Å². The molecular weight excluding hydrogens is 224 g/mol. The predicted octanol–water partition coefficient (Wildman–Crippen LogP) is 0.234. The number of carbonyl (C=O) groups is 2. The van der Waals surface area contributed by atoms with E-state index in [0.29, 0.717) is 32.8 Å². The van der Waals surface area contributed by atoms with Crippen molar-refractivity contribution in [2.24, 2.45) is 5.92 Å². The first-order valence-corrected chi connectivity index (χ1v) is 5.99. The zero-order valence-electron chi connectivity index (χ0n) is 9.96. The number of carbonyl (C=O) groups excluding carboxylic acids is 1. The number of likely N-dealkylation sites (tertiary alicyclic amines) is 1. The molecule has 0 aromatic carbocycles. The number of morpholine rings is 1. The third-order valence-electron chi connectivity index (χ3n) is 3.45. The lowest BCUT2D eigenvalue weighted by atomic mass is 10.0. The summed E-state index contributed by atoms with van der Waals surface area (Å²) in [5.74, 6) is -1.21. The molecule has 2 rings (SSSR count). The van der Waals surface area contributed by atoms with Crippen LogP contribution in [0.25, 0.3) is 0 Å². The first-order valence-electron chi connectivity index (χ1n) is 5.99. The molecular formula is C11H18N2O4. The van der Waals surface area contributed by atoms with E-state index in [-0.39, 0.29) is 18.0 Å². The van der Waals surface area contributed by atoms with Crippen molar-refractivity contribution in [3.63, 3.8) is 0 Å². The summed E-state index contributed by atoms with van der Waals surface area (Å²) >= 11 is 0. The maximum absolute atomic E-state index is 12.1. The molecule has 2 aliphatic heterocycles. The monoisotopic (exact) mass is 242 g/mol. The Kier molecular flexibility index (Phi) is 3.51. The Balaban J connectivity index is 1.89. The van der Waals surface area contributed by atoms with E-state index in [1.54, 1.807) is 4.90 Å². The van der Waals surface area contributed by atoms with E-state index in [9.17, 15) is 9.59 Å². The number of urea groups is 1. The molecule has 0 aromatic rings. The number of amides is 2. The molecule has 96 valence electrons. The Bertz CT molecular complexity index is 315. The van der Waals surface area contributed by atoms with E-state index >= 15 is 0 Å². The van der Waals surface area contributed by atoms with E-state index in [1.165, 1.54) is 0 Å². The second-order valence-electron chi connectivity index (χ2n) is 4.55. The molecule has 0 saturated carbocycles. The summed E-state index contributed by atoms with van der Waals surface area (Å²) in [6, 6.07) is 0.0813. The number of carboxylic acid groups (broad SMARTS) is 1. The molecule has 0 bridgehead atoms. The van der Waals surface area contributed by atoms with Crippen LogP contribution >= 0.6 is 0 Å². The van der Waals surface area contributed by atoms with Gasteiger partial charge in [0.25, 0.3) is 0 Å². The van der Waals surface area contributed by atoms with Gasteiger partial charge in [-0.05, 0) is 6.42 Å². The van der Waals surface area contributed by atoms with Gasteiger partial charge in [0.2, 0.25) is 0 Å². The minimum absolute atomic E-state index is 0.0438. The van der Waals surface area contributed by atoms with Gasteiger partial charge in [0.15, 0.2) is 0 Å². The Labute approximate surface area is 100 Å². The number of rotatable bonds is 2. The third kappa shape index (κ3) is 2.36.